The number of thioether (sulfide) groups is 1. The first-order valence-corrected chi connectivity index (χ1v) is 9.73. The largest absolute Gasteiger partial charge is 0.381 e. The molecule has 2 aliphatic rings. The molecule has 2 fully saturated rings. The zero-order valence-corrected chi connectivity index (χ0v) is 15.4. The van der Waals surface area contributed by atoms with Gasteiger partial charge in [-0.2, -0.15) is 10.5 Å². The number of aromatic nitrogens is 1. The molecule has 0 spiro atoms. The number of hydrogen-bond acceptors (Lipinski definition) is 6. The molecule has 0 bridgehead atoms. The van der Waals surface area contributed by atoms with Crippen LogP contribution >= 0.6 is 11.8 Å². The second kappa shape index (κ2) is 7.56. The standard InChI is InChI=1S/C20H17FN4OS/c21-15-8-25(9-15)19-16(6-22)18(14-4-2-1-3-5-14)17(7-23)20(24-19)27-12-13-10-26-11-13/h1-5,13,15H,8-12H2. The maximum Gasteiger partial charge on any atom is 0.148 e. The van der Waals surface area contributed by atoms with E-state index >= 15 is 0 Å². The highest BCUT2D eigenvalue weighted by atomic mass is 32.2. The van der Waals surface area contributed by atoms with Crippen LogP contribution in [0.5, 0.6) is 0 Å². The number of rotatable bonds is 5. The number of pyridine rings is 1. The summed E-state index contributed by atoms with van der Waals surface area (Å²) in [5, 5.41) is 20.3. The van der Waals surface area contributed by atoms with Gasteiger partial charge in [0, 0.05) is 17.2 Å². The molecule has 1 aromatic heterocycles. The Balaban J connectivity index is 1.84. The second-order valence-electron chi connectivity index (χ2n) is 6.67. The molecule has 0 radical (unpaired) electrons. The molecule has 27 heavy (non-hydrogen) atoms. The number of hydrogen-bond donors (Lipinski definition) is 0. The van der Waals surface area contributed by atoms with Gasteiger partial charge in [0.05, 0.1) is 31.9 Å². The summed E-state index contributed by atoms with van der Waals surface area (Å²) in [6.45, 7) is 1.89. The predicted octanol–water partition coefficient (Wildman–Crippen LogP) is 3.39. The van der Waals surface area contributed by atoms with Gasteiger partial charge in [-0.3, -0.25) is 0 Å². The van der Waals surface area contributed by atoms with Gasteiger partial charge in [0.2, 0.25) is 0 Å². The maximum absolute atomic E-state index is 13.4. The van der Waals surface area contributed by atoms with E-state index in [1.165, 1.54) is 11.8 Å². The summed E-state index contributed by atoms with van der Waals surface area (Å²) < 4.78 is 18.7. The number of alkyl halides is 1. The molecule has 3 heterocycles. The summed E-state index contributed by atoms with van der Waals surface area (Å²) >= 11 is 1.51. The third-order valence-corrected chi connectivity index (χ3v) is 5.94. The molecular weight excluding hydrogens is 363 g/mol. The summed E-state index contributed by atoms with van der Waals surface area (Å²) in [6.07, 6.45) is -0.905. The highest BCUT2D eigenvalue weighted by molar-refractivity contribution is 7.99. The molecule has 7 heteroatoms. The van der Waals surface area contributed by atoms with Crippen molar-refractivity contribution >= 4 is 17.6 Å². The van der Waals surface area contributed by atoms with E-state index in [9.17, 15) is 14.9 Å². The predicted molar refractivity (Wildman–Crippen MR) is 101 cm³/mol. The van der Waals surface area contributed by atoms with Crippen molar-refractivity contribution in [2.24, 2.45) is 5.92 Å². The van der Waals surface area contributed by atoms with Crippen LogP contribution in [0.25, 0.3) is 11.1 Å². The van der Waals surface area contributed by atoms with E-state index in [-0.39, 0.29) is 13.1 Å². The average Bonchev–Trinajstić information content (AvgIpc) is 2.63. The first kappa shape index (κ1) is 17.8. The Labute approximate surface area is 161 Å². The molecule has 0 N–H and O–H groups in total. The molecule has 0 unspecified atom stereocenters. The Morgan fingerprint density at radius 1 is 1.15 bits per heavy atom. The third-order valence-electron chi connectivity index (χ3n) is 4.73. The van der Waals surface area contributed by atoms with E-state index in [0.29, 0.717) is 33.5 Å². The van der Waals surface area contributed by atoms with Crippen LogP contribution < -0.4 is 4.90 Å². The monoisotopic (exact) mass is 380 g/mol. The normalized spacial score (nSPS) is 16.9. The number of nitrogens with zero attached hydrogens (tertiary/aromatic N) is 4. The van der Waals surface area contributed by atoms with Gasteiger partial charge in [-0.25, -0.2) is 9.37 Å². The minimum absolute atomic E-state index is 0.225. The highest BCUT2D eigenvalue weighted by Crippen LogP contribution is 2.39. The van der Waals surface area contributed by atoms with Crippen molar-refractivity contribution < 1.29 is 9.13 Å². The minimum atomic E-state index is -0.905. The first-order chi connectivity index (χ1) is 13.2. The number of benzene rings is 1. The Bertz CT molecular complexity index is 928. The lowest BCUT2D eigenvalue weighted by Crippen LogP contribution is -2.49. The SMILES string of the molecule is N#Cc1c(SCC2COC2)nc(N2CC(F)C2)c(C#N)c1-c1ccccc1. The van der Waals surface area contributed by atoms with E-state index in [2.05, 4.69) is 17.1 Å². The molecule has 0 aliphatic carbocycles. The Hall–Kier alpha value is -2.61. The molecular formula is C20H17FN4OS. The van der Waals surface area contributed by atoms with Gasteiger partial charge in [0.25, 0.3) is 0 Å². The first-order valence-electron chi connectivity index (χ1n) is 8.74. The maximum atomic E-state index is 13.4. The zero-order valence-electron chi connectivity index (χ0n) is 14.6. The summed E-state index contributed by atoms with van der Waals surface area (Å²) in [6, 6.07) is 13.8. The van der Waals surface area contributed by atoms with Crippen LogP contribution in [0.15, 0.2) is 35.4 Å². The molecule has 1 aromatic carbocycles. The lowest BCUT2D eigenvalue weighted by Gasteiger charge is -2.36. The van der Waals surface area contributed by atoms with Crippen molar-refractivity contribution in [3.63, 3.8) is 0 Å². The number of halogens is 1. The van der Waals surface area contributed by atoms with Crippen LogP contribution in [0.1, 0.15) is 11.1 Å². The summed E-state index contributed by atoms with van der Waals surface area (Å²) in [7, 11) is 0. The smallest absolute Gasteiger partial charge is 0.148 e. The van der Waals surface area contributed by atoms with Crippen LogP contribution in [0.4, 0.5) is 10.2 Å². The lowest BCUT2D eigenvalue weighted by atomic mass is 9.96. The minimum Gasteiger partial charge on any atom is -0.381 e. The van der Waals surface area contributed by atoms with Crippen molar-refractivity contribution in [3.05, 3.63) is 41.5 Å². The summed E-state index contributed by atoms with van der Waals surface area (Å²) in [5.74, 6) is 1.71. The Kier molecular flexibility index (Phi) is 4.98. The van der Waals surface area contributed by atoms with Gasteiger partial charge in [0.15, 0.2) is 0 Å². The molecule has 0 saturated carbocycles. The van der Waals surface area contributed by atoms with Gasteiger partial charge in [0.1, 0.15) is 34.7 Å². The fourth-order valence-electron chi connectivity index (χ4n) is 3.16. The van der Waals surface area contributed by atoms with Gasteiger partial charge >= 0.3 is 0 Å². The van der Waals surface area contributed by atoms with Crippen molar-refractivity contribution in [3.8, 4) is 23.3 Å². The molecule has 0 amide bonds. The Morgan fingerprint density at radius 2 is 1.85 bits per heavy atom. The fourth-order valence-corrected chi connectivity index (χ4v) is 4.19. The lowest BCUT2D eigenvalue weighted by molar-refractivity contribution is -0.0196. The van der Waals surface area contributed by atoms with Crippen LogP contribution in [-0.2, 0) is 4.74 Å². The molecule has 2 aliphatic heterocycles. The van der Waals surface area contributed by atoms with Crippen LogP contribution in [0, 0.1) is 28.6 Å². The van der Waals surface area contributed by atoms with E-state index in [1.807, 2.05) is 30.3 Å². The quantitative estimate of drug-likeness (QED) is 0.741. The van der Waals surface area contributed by atoms with Crippen molar-refractivity contribution in [1.29, 1.82) is 10.5 Å². The number of nitriles is 2. The second-order valence-corrected chi connectivity index (χ2v) is 7.68. The van der Waals surface area contributed by atoms with Crippen molar-refractivity contribution in [1.82, 2.24) is 4.98 Å². The molecule has 2 aromatic rings. The topological polar surface area (TPSA) is 72.9 Å². The van der Waals surface area contributed by atoms with Gasteiger partial charge < -0.3 is 9.64 Å². The fraction of sp³-hybridized carbons (Fsp3) is 0.350. The third kappa shape index (κ3) is 3.37. The average molecular weight is 380 g/mol. The van der Waals surface area contributed by atoms with Gasteiger partial charge in [-0.1, -0.05) is 30.3 Å². The zero-order chi connectivity index (χ0) is 18.8. The van der Waals surface area contributed by atoms with Gasteiger partial charge in [-0.05, 0) is 5.56 Å². The van der Waals surface area contributed by atoms with E-state index in [0.717, 1.165) is 24.5 Å². The van der Waals surface area contributed by atoms with Crippen LogP contribution in [-0.4, -0.2) is 43.2 Å². The summed E-state index contributed by atoms with van der Waals surface area (Å²) in [5.41, 5.74) is 2.12. The van der Waals surface area contributed by atoms with Crippen molar-refractivity contribution in [2.75, 3.05) is 37.0 Å². The van der Waals surface area contributed by atoms with Crippen molar-refractivity contribution in [2.45, 2.75) is 11.2 Å². The van der Waals surface area contributed by atoms with E-state index in [1.54, 1.807) is 4.90 Å². The van der Waals surface area contributed by atoms with Gasteiger partial charge in [-0.15, -0.1) is 11.8 Å². The van der Waals surface area contributed by atoms with E-state index in [4.69, 9.17) is 4.74 Å². The van der Waals surface area contributed by atoms with Crippen LogP contribution in [0.3, 0.4) is 0 Å². The highest BCUT2D eigenvalue weighted by Gasteiger charge is 2.32. The molecule has 2 saturated heterocycles. The van der Waals surface area contributed by atoms with E-state index < -0.39 is 6.17 Å². The Morgan fingerprint density at radius 3 is 2.41 bits per heavy atom. The molecule has 5 nitrogen and oxygen atoms in total. The number of ether oxygens (including phenoxy) is 1. The summed E-state index contributed by atoms with van der Waals surface area (Å²) in [4.78, 5) is 6.39. The molecule has 0 atom stereocenters. The molecule has 136 valence electrons. The van der Waals surface area contributed by atoms with Crippen LogP contribution in [0.2, 0.25) is 0 Å². The number of anilines is 1. The molecule has 4 rings (SSSR count).